The molecule has 4 nitrogen and oxygen atoms in total. The van der Waals surface area contributed by atoms with Crippen molar-refractivity contribution in [1.82, 2.24) is 9.97 Å². The molecule has 1 aromatic heterocycles. The number of aromatic nitrogens is 2. The van der Waals surface area contributed by atoms with E-state index in [0.717, 1.165) is 0 Å². The van der Waals surface area contributed by atoms with E-state index in [9.17, 15) is 4.79 Å². The van der Waals surface area contributed by atoms with Gasteiger partial charge in [-0.05, 0) is 10.9 Å². The Morgan fingerprint density at radius 3 is 3.08 bits per heavy atom. The Bertz CT molecular complexity index is 480. The van der Waals surface area contributed by atoms with E-state index in [1.165, 1.54) is 6.33 Å². The molecule has 13 heavy (non-hydrogen) atoms. The van der Waals surface area contributed by atoms with Crippen LogP contribution in [0.2, 0.25) is 0 Å². The number of nitrogen functional groups attached to an aromatic ring is 1. The second kappa shape index (κ2) is 3.71. The molecule has 0 unspecified atom stereocenters. The number of benzene rings is 1. The van der Waals surface area contributed by atoms with Gasteiger partial charge in [0.05, 0.1) is 6.33 Å². The van der Waals surface area contributed by atoms with Crippen LogP contribution < -0.4 is 11.3 Å². The van der Waals surface area contributed by atoms with Gasteiger partial charge in [-0.25, -0.2) is 0 Å². The summed E-state index contributed by atoms with van der Waals surface area (Å²) in [4.78, 5) is 17.6. The fraction of sp³-hybridized carbons (Fsp3) is 0. The van der Waals surface area contributed by atoms with E-state index in [1.54, 1.807) is 12.1 Å². The van der Waals surface area contributed by atoms with Crippen LogP contribution in [0.5, 0.6) is 0 Å². The molecule has 0 atom stereocenters. The largest absolute Gasteiger partial charge is 0.420 e. The van der Waals surface area contributed by atoms with Crippen molar-refractivity contribution in [3.8, 4) is 0 Å². The molecule has 1 heterocycles. The average Bonchev–Trinajstić information content (AvgIpc) is 2.07. The molecule has 5 heteroatoms. The van der Waals surface area contributed by atoms with E-state index in [-0.39, 0.29) is 26.6 Å². The Morgan fingerprint density at radius 2 is 2.31 bits per heavy atom. The average molecular weight is 344 g/mol. The molecular formula is C8H6N3OW-. The topological polar surface area (TPSA) is 71.8 Å². The van der Waals surface area contributed by atoms with Crippen LogP contribution in [0.1, 0.15) is 0 Å². The first-order chi connectivity index (χ1) is 5.77. The number of hydrogen-bond donors (Lipinski definition) is 2. The molecule has 0 bridgehead atoms. The number of aromatic amines is 1. The summed E-state index contributed by atoms with van der Waals surface area (Å²) in [5.41, 5.74) is 6.33. The minimum Gasteiger partial charge on any atom is -0.420 e. The summed E-state index contributed by atoms with van der Waals surface area (Å²) in [6.07, 6.45) is 1.36. The summed E-state index contributed by atoms with van der Waals surface area (Å²) in [6.45, 7) is 0. The molecule has 0 fully saturated rings. The van der Waals surface area contributed by atoms with Crippen LogP contribution in [-0.4, -0.2) is 9.97 Å². The number of rotatable bonds is 0. The molecule has 0 aliphatic heterocycles. The summed E-state index contributed by atoms with van der Waals surface area (Å²) in [5, 5.41) is 0.494. The summed E-state index contributed by atoms with van der Waals surface area (Å²) in [6, 6.07) is 5.92. The molecule has 0 saturated carbocycles. The van der Waals surface area contributed by atoms with Gasteiger partial charge in [-0.2, -0.15) is 6.07 Å². The standard InChI is InChI=1S/C8H6N3O.W/c9-5-1-2-7-6(3-5)8(12)11-4-10-7;/h2-4H,9H2,(H,10,11,12);/q-1;. The van der Waals surface area contributed by atoms with Gasteiger partial charge in [0.2, 0.25) is 5.56 Å². The predicted octanol–water partition coefficient (Wildman–Crippen LogP) is 0.303. The molecule has 3 N–H and O–H groups in total. The first-order valence-electron chi connectivity index (χ1n) is 3.42. The zero-order valence-corrected chi connectivity index (χ0v) is 9.51. The van der Waals surface area contributed by atoms with Crippen LogP contribution in [0.3, 0.4) is 0 Å². The molecule has 1 aromatic carbocycles. The van der Waals surface area contributed by atoms with Crippen molar-refractivity contribution >= 4 is 16.6 Å². The monoisotopic (exact) mass is 344 g/mol. The molecule has 2 aromatic rings. The molecule has 0 aliphatic rings. The number of fused-ring (bicyclic) bond motifs is 1. The maximum atomic E-state index is 11.2. The van der Waals surface area contributed by atoms with Crippen molar-refractivity contribution in [3.63, 3.8) is 0 Å². The van der Waals surface area contributed by atoms with Crippen LogP contribution >= 0.6 is 0 Å². The SMILES string of the molecule is Nc1[c-]cc2nc[nH]c(=O)c2c1.[W]. The van der Waals surface area contributed by atoms with E-state index >= 15 is 0 Å². The van der Waals surface area contributed by atoms with Gasteiger partial charge in [0.15, 0.2) is 0 Å². The molecular weight excluding hydrogens is 338 g/mol. The zero-order chi connectivity index (χ0) is 8.55. The summed E-state index contributed by atoms with van der Waals surface area (Å²) in [5.74, 6) is 0. The maximum Gasteiger partial charge on any atom is 0.234 e. The molecule has 0 radical (unpaired) electrons. The van der Waals surface area contributed by atoms with E-state index in [2.05, 4.69) is 16.0 Å². The van der Waals surface area contributed by atoms with Crippen molar-refractivity contribution in [2.45, 2.75) is 0 Å². The third-order valence-electron chi connectivity index (χ3n) is 1.60. The number of nitrogens with two attached hydrogens (primary N) is 1. The second-order valence-corrected chi connectivity index (χ2v) is 2.42. The van der Waals surface area contributed by atoms with E-state index in [4.69, 9.17) is 5.73 Å². The first kappa shape index (κ1) is 9.93. The molecule has 66 valence electrons. The van der Waals surface area contributed by atoms with Gasteiger partial charge in [0.1, 0.15) is 0 Å². The van der Waals surface area contributed by atoms with Crippen molar-refractivity contribution in [2.75, 3.05) is 5.73 Å². The van der Waals surface area contributed by atoms with Gasteiger partial charge in [0.25, 0.3) is 0 Å². The van der Waals surface area contributed by atoms with Gasteiger partial charge in [-0.1, -0.05) is 5.69 Å². The summed E-state index contributed by atoms with van der Waals surface area (Å²) >= 11 is 0. The number of nitrogens with one attached hydrogen (secondary N) is 1. The van der Waals surface area contributed by atoms with Gasteiger partial charge >= 0.3 is 0 Å². The first-order valence-corrected chi connectivity index (χ1v) is 3.42. The Hall–Kier alpha value is -1.15. The second-order valence-electron chi connectivity index (χ2n) is 2.42. The molecule has 0 saturated heterocycles. The zero-order valence-electron chi connectivity index (χ0n) is 6.57. The van der Waals surface area contributed by atoms with Crippen molar-refractivity contribution < 1.29 is 21.1 Å². The molecule has 0 aliphatic carbocycles. The normalized spacial score (nSPS) is 9.54. The van der Waals surface area contributed by atoms with Crippen LogP contribution in [0.15, 0.2) is 23.3 Å². The van der Waals surface area contributed by atoms with E-state index in [0.29, 0.717) is 16.6 Å². The summed E-state index contributed by atoms with van der Waals surface area (Å²) in [7, 11) is 0. The number of anilines is 1. The molecule has 2 rings (SSSR count). The third kappa shape index (κ3) is 1.78. The number of hydrogen-bond acceptors (Lipinski definition) is 3. The third-order valence-corrected chi connectivity index (χ3v) is 1.60. The minimum atomic E-state index is -0.180. The fourth-order valence-corrected chi connectivity index (χ4v) is 1.03. The molecule has 0 spiro atoms. The maximum absolute atomic E-state index is 11.2. The Labute approximate surface area is 88.4 Å². The smallest absolute Gasteiger partial charge is 0.234 e. The van der Waals surface area contributed by atoms with Crippen molar-refractivity contribution in [2.24, 2.45) is 0 Å². The van der Waals surface area contributed by atoms with Crippen LogP contribution in [0.4, 0.5) is 5.69 Å². The summed E-state index contributed by atoms with van der Waals surface area (Å²) < 4.78 is 0. The Balaban J connectivity index is 0.000000845. The van der Waals surface area contributed by atoms with Gasteiger partial charge in [0, 0.05) is 21.1 Å². The van der Waals surface area contributed by atoms with Crippen molar-refractivity contribution in [1.29, 1.82) is 0 Å². The van der Waals surface area contributed by atoms with Gasteiger partial charge < -0.3 is 15.7 Å². The fourth-order valence-electron chi connectivity index (χ4n) is 1.03. The Morgan fingerprint density at radius 1 is 1.54 bits per heavy atom. The van der Waals surface area contributed by atoms with Crippen LogP contribution in [0.25, 0.3) is 10.9 Å². The van der Waals surface area contributed by atoms with Crippen LogP contribution in [-0.2, 0) is 21.1 Å². The van der Waals surface area contributed by atoms with Gasteiger partial charge in [-0.3, -0.25) is 4.79 Å². The van der Waals surface area contributed by atoms with E-state index < -0.39 is 0 Å². The van der Waals surface area contributed by atoms with Crippen LogP contribution in [0, 0.1) is 6.07 Å². The molecule has 0 amide bonds. The van der Waals surface area contributed by atoms with E-state index in [1.807, 2.05) is 0 Å². The Kier molecular flexibility index (Phi) is 2.83. The van der Waals surface area contributed by atoms with Gasteiger partial charge in [-0.15, -0.1) is 12.1 Å². The number of H-pyrrole nitrogens is 1. The minimum absolute atomic E-state index is 0. The van der Waals surface area contributed by atoms with Crippen molar-refractivity contribution in [3.05, 3.63) is 34.9 Å². The number of nitrogens with zero attached hydrogens (tertiary/aromatic N) is 1. The quantitative estimate of drug-likeness (QED) is 0.534. The predicted molar refractivity (Wildman–Crippen MR) is 45.6 cm³/mol.